The Labute approximate surface area is 128 Å². The Morgan fingerprint density at radius 2 is 1.68 bits per heavy atom. The molecule has 4 nitrogen and oxygen atoms in total. The number of hydrogen-bond donors (Lipinski definition) is 2. The number of hydrogen-bond acceptors (Lipinski definition) is 4. The van der Waals surface area contributed by atoms with Crippen LogP contribution in [0.1, 0.15) is 11.5 Å². The number of aliphatic hydroxyl groups is 1. The molecule has 0 unspecified atom stereocenters. The predicted molar refractivity (Wildman–Crippen MR) is 80.6 cm³/mol. The molecule has 0 amide bonds. The fourth-order valence-corrected chi connectivity index (χ4v) is 5.31. The van der Waals surface area contributed by atoms with Gasteiger partial charge in [-0.05, 0) is 29.8 Å². The number of nitrogens with two attached hydrogens (primary N) is 1. The number of halogens is 1. The van der Waals surface area contributed by atoms with Crippen LogP contribution in [-0.2, 0) is 9.84 Å². The first kappa shape index (κ1) is 15.1. The fraction of sp³-hybridized carbons (Fsp3) is 0.250. The van der Waals surface area contributed by atoms with Gasteiger partial charge in [0.25, 0.3) is 0 Å². The highest BCUT2D eigenvalue weighted by Gasteiger charge is 2.69. The van der Waals surface area contributed by atoms with E-state index in [1.807, 2.05) is 0 Å². The summed E-state index contributed by atoms with van der Waals surface area (Å²) in [5, 5.41) is 8.65. The molecule has 0 bridgehead atoms. The first-order valence-electron chi connectivity index (χ1n) is 6.85. The summed E-state index contributed by atoms with van der Waals surface area (Å²) in [6, 6.07) is 13.6. The van der Waals surface area contributed by atoms with Crippen LogP contribution in [0, 0.1) is 5.82 Å². The topological polar surface area (TPSA) is 80.4 Å². The van der Waals surface area contributed by atoms with E-state index in [9.17, 15) is 17.9 Å². The molecular weight excluding hydrogens is 305 g/mol. The maximum absolute atomic E-state index is 13.0. The van der Waals surface area contributed by atoms with Crippen molar-refractivity contribution in [3.05, 3.63) is 66.0 Å². The molecule has 1 aliphatic rings. The van der Waals surface area contributed by atoms with Crippen molar-refractivity contribution in [2.75, 3.05) is 6.61 Å². The molecule has 0 aliphatic heterocycles. The third kappa shape index (κ3) is 2.24. The van der Waals surface area contributed by atoms with Crippen LogP contribution in [-0.4, -0.2) is 30.9 Å². The Morgan fingerprint density at radius 3 is 2.23 bits per heavy atom. The molecule has 6 heteroatoms. The lowest BCUT2D eigenvalue weighted by Gasteiger charge is -2.08. The molecule has 3 rings (SSSR count). The minimum atomic E-state index is -3.67. The van der Waals surface area contributed by atoms with Gasteiger partial charge in [0.15, 0.2) is 9.84 Å². The zero-order chi connectivity index (χ0) is 16.0. The molecule has 0 aromatic heterocycles. The summed E-state index contributed by atoms with van der Waals surface area (Å²) in [7, 11) is -3.67. The first-order chi connectivity index (χ1) is 10.4. The molecule has 1 fully saturated rings. The molecule has 22 heavy (non-hydrogen) atoms. The van der Waals surface area contributed by atoms with Crippen LogP contribution in [0.25, 0.3) is 0 Å². The van der Waals surface area contributed by atoms with E-state index in [0.29, 0.717) is 5.56 Å². The quantitative estimate of drug-likeness (QED) is 0.893. The lowest BCUT2D eigenvalue weighted by atomic mass is 10.1. The van der Waals surface area contributed by atoms with Gasteiger partial charge < -0.3 is 10.8 Å². The van der Waals surface area contributed by atoms with Crippen LogP contribution in [0.5, 0.6) is 0 Å². The van der Waals surface area contributed by atoms with Gasteiger partial charge in [-0.3, -0.25) is 0 Å². The highest BCUT2D eigenvalue weighted by atomic mass is 32.2. The first-order valence-corrected chi connectivity index (χ1v) is 8.40. The van der Waals surface area contributed by atoms with Crippen molar-refractivity contribution in [2.24, 2.45) is 5.73 Å². The number of aliphatic hydroxyl groups excluding tert-OH is 1. The summed E-state index contributed by atoms with van der Waals surface area (Å²) in [5.41, 5.74) is 5.47. The van der Waals surface area contributed by atoms with Gasteiger partial charge in [0.1, 0.15) is 5.82 Å². The van der Waals surface area contributed by atoms with Crippen molar-refractivity contribution in [3.63, 3.8) is 0 Å². The average molecular weight is 321 g/mol. The fourth-order valence-electron chi connectivity index (χ4n) is 2.99. The molecule has 1 saturated carbocycles. The number of sulfone groups is 1. The average Bonchev–Trinajstić information content (AvgIpc) is 3.17. The highest BCUT2D eigenvalue weighted by molar-refractivity contribution is 7.92. The van der Waals surface area contributed by atoms with E-state index in [2.05, 4.69) is 0 Å². The van der Waals surface area contributed by atoms with Gasteiger partial charge in [-0.1, -0.05) is 30.3 Å². The maximum Gasteiger partial charge on any atom is 0.183 e. The molecule has 2 aromatic rings. The molecule has 1 aliphatic carbocycles. The van der Waals surface area contributed by atoms with E-state index in [0.717, 1.165) is 0 Å². The Kier molecular flexibility index (Phi) is 3.55. The van der Waals surface area contributed by atoms with Gasteiger partial charge in [0, 0.05) is 5.92 Å². The van der Waals surface area contributed by atoms with Crippen LogP contribution < -0.4 is 5.73 Å². The van der Waals surface area contributed by atoms with Gasteiger partial charge in [-0.25, -0.2) is 12.8 Å². The second-order valence-electron chi connectivity index (χ2n) is 5.58. The molecule has 0 heterocycles. The van der Waals surface area contributed by atoms with E-state index in [1.54, 1.807) is 18.2 Å². The normalized spacial score (nSPS) is 27.6. The molecule has 0 spiro atoms. The van der Waals surface area contributed by atoms with Gasteiger partial charge in [0.05, 0.1) is 22.3 Å². The van der Waals surface area contributed by atoms with Crippen molar-refractivity contribution in [1.82, 2.24) is 0 Å². The number of benzene rings is 2. The molecule has 0 saturated heterocycles. The lowest BCUT2D eigenvalue weighted by molar-refractivity contribution is 0.253. The van der Waals surface area contributed by atoms with Gasteiger partial charge >= 0.3 is 0 Å². The standard InChI is InChI=1S/C16H16FNO3S/c17-12-8-6-11(7-9-12)14-15(16(14,18)10-19)22(20,21)13-4-2-1-3-5-13/h1-9,14-15,19H,10,18H2/t14-,15-,16-/m0/s1. The molecule has 116 valence electrons. The van der Waals surface area contributed by atoms with E-state index in [4.69, 9.17) is 5.73 Å². The van der Waals surface area contributed by atoms with E-state index in [1.165, 1.54) is 36.4 Å². The maximum atomic E-state index is 13.0. The zero-order valence-corrected chi connectivity index (χ0v) is 12.5. The van der Waals surface area contributed by atoms with Crippen molar-refractivity contribution >= 4 is 9.84 Å². The second kappa shape index (κ2) is 5.15. The van der Waals surface area contributed by atoms with Crippen LogP contribution in [0.3, 0.4) is 0 Å². The molecule has 3 atom stereocenters. The summed E-state index contributed by atoms with van der Waals surface area (Å²) in [5.74, 6) is -0.957. The van der Waals surface area contributed by atoms with Gasteiger partial charge in [-0.2, -0.15) is 0 Å². The predicted octanol–water partition coefficient (Wildman–Crippen LogP) is 1.46. The van der Waals surface area contributed by atoms with Crippen molar-refractivity contribution < 1.29 is 17.9 Å². The minimum Gasteiger partial charge on any atom is -0.394 e. The zero-order valence-electron chi connectivity index (χ0n) is 11.7. The Hall–Kier alpha value is -1.76. The van der Waals surface area contributed by atoms with E-state index >= 15 is 0 Å². The minimum absolute atomic E-state index is 0.174. The molecule has 0 radical (unpaired) electrons. The third-order valence-electron chi connectivity index (χ3n) is 4.21. The number of rotatable bonds is 4. The van der Waals surface area contributed by atoms with Crippen LogP contribution >= 0.6 is 0 Å². The SMILES string of the molecule is N[C@@]1(CO)[C@@H](c2ccc(F)cc2)[C@@H]1S(=O)(=O)c1ccccc1. The molecule has 2 aromatic carbocycles. The molecule has 3 N–H and O–H groups in total. The third-order valence-corrected chi connectivity index (χ3v) is 6.52. The Bertz CT molecular complexity index is 777. The van der Waals surface area contributed by atoms with E-state index < -0.39 is 39.0 Å². The summed E-state index contributed by atoms with van der Waals surface area (Å²) >= 11 is 0. The van der Waals surface area contributed by atoms with Gasteiger partial charge in [0.2, 0.25) is 0 Å². The van der Waals surface area contributed by atoms with Crippen molar-refractivity contribution in [3.8, 4) is 0 Å². The summed E-state index contributed by atoms with van der Waals surface area (Å²) in [4.78, 5) is 0.174. The van der Waals surface area contributed by atoms with Crippen LogP contribution in [0.4, 0.5) is 4.39 Å². The lowest BCUT2D eigenvalue weighted by Crippen LogP contribution is -2.35. The monoisotopic (exact) mass is 321 g/mol. The van der Waals surface area contributed by atoms with Crippen molar-refractivity contribution in [2.45, 2.75) is 21.6 Å². The Balaban J connectivity index is 2.02. The second-order valence-corrected chi connectivity index (χ2v) is 7.65. The van der Waals surface area contributed by atoms with Crippen LogP contribution in [0.2, 0.25) is 0 Å². The van der Waals surface area contributed by atoms with E-state index in [-0.39, 0.29) is 4.90 Å². The largest absolute Gasteiger partial charge is 0.394 e. The summed E-state index contributed by atoms with van der Waals surface area (Å²) < 4.78 is 38.6. The van der Waals surface area contributed by atoms with Crippen LogP contribution in [0.15, 0.2) is 59.5 Å². The summed E-state index contributed by atoms with van der Waals surface area (Å²) in [6.45, 7) is -0.453. The summed E-state index contributed by atoms with van der Waals surface area (Å²) in [6.07, 6.45) is 0. The molecular formula is C16H16FNO3S. The highest BCUT2D eigenvalue weighted by Crippen LogP contribution is 2.55. The van der Waals surface area contributed by atoms with Crippen molar-refractivity contribution in [1.29, 1.82) is 0 Å². The Morgan fingerprint density at radius 1 is 1.09 bits per heavy atom. The van der Waals surface area contributed by atoms with Gasteiger partial charge in [-0.15, -0.1) is 0 Å². The smallest absolute Gasteiger partial charge is 0.183 e.